The normalized spacial score (nSPS) is 12.7. The molecule has 1 unspecified atom stereocenters. The molecule has 0 aliphatic carbocycles. The minimum absolute atomic E-state index is 0.155. The summed E-state index contributed by atoms with van der Waals surface area (Å²) in [5, 5.41) is 12.8. The predicted molar refractivity (Wildman–Crippen MR) is 87.9 cm³/mol. The van der Waals surface area contributed by atoms with Gasteiger partial charge in [0, 0.05) is 30.5 Å². The van der Waals surface area contributed by atoms with E-state index >= 15 is 0 Å². The van der Waals surface area contributed by atoms with Gasteiger partial charge in [0.1, 0.15) is 11.4 Å². The number of rotatable bonds is 5. The molecule has 0 radical (unpaired) electrons. The Hall–Kier alpha value is -2.41. The van der Waals surface area contributed by atoms with Crippen LogP contribution in [0.2, 0.25) is 0 Å². The van der Waals surface area contributed by atoms with Gasteiger partial charge in [-0.05, 0) is 45.4 Å². The summed E-state index contributed by atoms with van der Waals surface area (Å²) in [4.78, 5) is 15.8. The summed E-state index contributed by atoms with van der Waals surface area (Å²) in [6.07, 6.45) is 4.70. The summed E-state index contributed by atoms with van der Waals surface area (Å²) in [7, 11) is 0. The maximum atomic E-state index is 11.8. The molecule has 7 heteroatoms. The lowest BCUT2D eigenvalue weighted by Gasteiger charge is -2.19. The summed E-state index contributed by atoms with van der Waals surface area (Å²) in [5.41, 5.74) is 1.46. The number of carbonyl (C=O) groups is 1. The van der Waals surface area contributed by atoms with Crippen molar-refractivity contribution in [1.82, 2.24) is 20.5 Å². The third kappa shape index (κ3) is 5.37. The van der Waals surface area contributed by atoms with E-state index in [1.165, 1.54) is 0 Å². The number of carbonyl (C=O) groups excluding carboxylic acids is 1. The molecule has 2 aromatic rings. The second-order valence-electron chi connectivity index (χ2n) is 6.28. The second-order valence-corrected chi connectivity index (χ2v) is 6.28. The fourth-order valence-corrected chi connectivity index (χ4v) is 1.99. The second kappa shape index (κ2) is 7.23. The highest BCUT2D eigenvalue weighted by Gasteiger charge is 2.18. The molecular weight excluding hydrogens is 294 g/mol. The number of amides is 1. The van der Waals surface area contributed by atoms with Gasteiger partial charge in [-0.25, -0.2) is 4.79 Å². The minimum atomic E-state index is -0.543. The van der Waals surface area contributed by atoms with Crippen LogP contribution >= 0.6 is 0 Å². The van der Waals surface area contributed by atoms with Gasteiger partial charge in [0.2, 0.25) is 0 Å². The Balaban J connectivity index is 1.92. The number of pyridine rings is 1. The van der Waals surface area contributed by atoms with E-state index in [1.807, 2.05) is 32.9 Å². The molecule has 2 rings (SSSR count). The van der Waals surface area contributed by atoms with Crippen LogP contribution in [0.1, 0.15) is 44.9 Å². The van der Waals surface area contributed by atoms with E-state index < -0.39 is 11.7 Å². The number of H-pyrrole nitrogens is 1. The monoisotopic (exact) mass is 317 g/mol. The Morgan fingerprint density at radius 1 is 1.35 bits per heavy atom. The third-order valence-corrected chi connectivity index (χ3v) is 3.15. The number of ether oxygens (including phenoxy) is 1. The molecule has 124 valence electrons. The van der Waals surface area contributed by atoms with Crippen molar-refractivity contribution in [3.05, 3.63) is 41.9 Å². The first-order valence-electron chi connectivity index (χ1n) is 7.51. The van der Waals surface area contributed by atoms with Gasteiger partial charge in [-0.15, -0.1) is 0 Å². The first kappa shape index (κ1) is 17.0. The highest BCUT2D eigenvalue weighted by Crippen LogP contribution is 2.16. The quantitative estimate of drug-likeness (QED) is 0.788. The van der Waals surface area contributed by atoms with Gasteiger partial charge >= 0.3 is 6.09 Å². The topological polar surface area (TPSA) is 91.9 Å². The molecule has 0 fully saturated rings. The molecule has 0 aliphatic heterocycles. The molecule has 2 heterocycles. The molecule has 3 N–H and O–H groups in total. The van der Waals surface area contributed by atoms with E-state index in [0.29, 0.717) is 12.4 Å². The lowest BCUT2D eigenvalue weighted by molar-refractivity contribution is 0.0635. The highest BCUT2D eigenvalue weighted by atomic mass is 16.6. The highest BCUT2D eigenvalue weighted by molar-refractivity contribution is 5.84. The van der Waals surface area contributed by atoms with Gasteiger partial charge in [-0.1, -0.05) is 0 Å². The van der Waals surface area contributed by atoms with Crippen molar-refractivity contribution < 1.29 is 9.53 Å². The molecule has 7 nitrogen and oxygen atoms in total. The lowest BCUT2D eigenvalue weighted by Crippen LogP contribution is -2.28. The number of nitrogens with one attached hydrogen (secondary N) is 3. The zero-order chi connectivity index (χ0) is 16.9. The van der Waals surface area contributed by atoms with Gasteiger partial charge < -0.3 is 10.1 Å². The number of hydrogen-bond acceptors (Lipinski definition) is 5. The molecule has 0 aliphatic rings. The molecule has 0 saturated carbocycles. The molecule has 1 amide bonds. The van der Waals surface area contributed by atoms with Crippen molar-refractivity contribution >= 4 is 11.9 Å². The van der Waals surface area contributed by atoms with Crippen LogP contribution in [-0.4, -0.2) is 26.9 Å². The largest absolute Gasteiger partial charge is 0.444 e. The molecule has 0 bridgehead atoms. The van der Waals surface area contributed by atoms with E-state index in [4.69, 9.17) is 4.74 Å². The average molecular weight is 317 g/mol. The molecule has 0 spiro atoms. The van der Waals surface area contributed by atoms with Crippen LogP contribution < -0.4 is 10.6 Å². The number of aromatic amines is 1. The summed E-state index contributed by atoms with van der Waals surface area (Å²) in [6.45, 7) is 8.08. The first-order chi connectivity index (χ1) is 10.8. The van der Waals surface area contributed by atoms with E-state index in [1.54, 1.807) is 18.6 Å². The SMILES string of the molecule is CC(NCc1cn[nH]c1NC(=O)OC(C)(C)C)c1ccncc1. The average Bonchev–Trinajstić information content (AvgIpc) is 2.90. The van der Waals surface area contributed by atoms with Crippen LogP contribution in [0, 0.1) is 0 Å². The van der Waals surface area contributed by atoms with Crippen molar-refractivity contribution in [3.63, 3.8) is 0 Å². The zero-order valence-electron chi connectivity index (χ0n) is 13.9. The predicted octanol–water partition coefficient (Wildman–Crippen LogP) is 3.00. The van der Waals surface area contributed by atoms with Crippen LogP contribution in [0.5, 0.6) is 0 Å². The summed E-state index contributed by atoms with van der Waals surface area (Å²) in [6, 6.07) is 4.09. The van der Waals surface area contributed by atoms with Crippen molar-refractivity contribution in [3.8, 4) is 0 Å². The maximum absolute atomic E-state index is 11.8. The van der Waals surface area contributed by atoms with Crippen molar-refractivity contribution in [2.75, 3.05) is 5.32 Å². The first-order valence-corrected chi connectivity index (χ1v) is 7.51. The summed E-state index contributed by atoms with van der Waals surface area (Å²) in [5.74, 6) is 0.536. The van der Waals surface area contributed by atoms with Crippen molar-refractivity contribution in [2.24, 2.45) is 0 Å². The summed E-state index contributed by atoms with van der Waals surface area (Å²) >= 11 is 0. The maximum Gasteiger partial charge on any atom is 0.413 e. The van der Waals surface area contributed by atoms with Crippen LogP contribution in [0.15, 0.2) is 30.7 Å². The fourth-order valence-electron chi connectivity index (χ4n) is 1.99. The summed E-state index contributed by atoms with van der Waals surface area (Å²) < 4.78 is 5.24. The van der Waals surface area contributed by atoms with Crippen LogP contribution in [0.25, 0.3) is 0 Å². The van der Waals surface area contributed by atoms with Crippen LogP contribution in [0.3, 0.4) is 0 Å². The van der Waals surface area contributed by atoms with E-state index in [-0.39, 0.29) is 6.04 Å². The smallest absolute Gasteiger partial charge is 0.413 e. The van der Waals surface area contributed by atoms with Crippen LogP contribution in [-0.2, 0) is 11.3 Å². The van der Waals surface area contributed by atoms with E-state index in [0.717, 1.165) is 11.1 Å². The third-order valence-electron chi connectivity index (χ3n) is 3.15. The van der Waals surface area contributed by atoms with Gasteiger partial charge in [0.15, 0.2) is 0 Å². The molecule has 23 heavy (non-hydrogen) atoms. The van der Waals surface area contributed by atoms with Gasteiger partial charge in [0.05, 0.1) is 6.20 Å². The van der Waals surface area contributed by atoms with Crippen molar-refractivity contribution in [1.29, 1.82) is 0 Å². The van der Waals surface area contributed by atoms with Gasteiger partial charge in [0.25, 0.3) is 0 Å². The number of hydrogen-bond donors (Lipinski definition) is 3. The molecule has 2 aromatic heterocycles. The molecule has 1 atom stereocenters. The Morgan fingerprint density at radius 3 is 2.70 bits per heavy atom. The van der Waals surface area contributed by atoms with E-state index in [9.17, 15) is 4.79 Å². The molecule has 0 aromatic carbocycles. The Morgan fingerprint density at radius 2 is 2.04 bits per heavy atom. The fraction of sp³-hybridized carbons (Fsp3) is 0.438. The van der Waals surface area contributed by atoms with Crippen molar-refractivity contribution in [2.45, 2.75) is 45.9 Å². The van der Waals surface area contributed by atoms with Crippen LogP contribution in [0.4, 0.5) is 10.6 Å². The molecular formula is C16H23N5O2. The van der Waals surface area contributed by atoms with Gasteiger partial charge in [-0.2, -0.15) is 5.10 Å². The van der Waals surface area contributed by atoms with Gasteiger partial charge in [-0.3, -0.25) is 15.4 Å². The standard InChI is InChI=1S/C16H23N5O2/c1-11(12-5-7-17-8-6-12)18-9-13-10-19-21-14(13)20-15(22)23-16(2,3)4/h5-8,10-11,18H,9H2,1-4H3,(H2,19,20,21,22). The Kier molecular flexibility index (Phi) is 5.33. The lowest BCUT2D eigenvalue weighted by atomic mass is 10.1. The van der Waals surface area contributed by atoms with E-state index in [2.05, 4.69) is 32.7 Å². The Labute approximate surface area is 135 Å². The molecule has 0 saturated heterocycles. The minimum Gasteiger partial charge on any atom is -0.444 e. The Bertz CT molecular complexity index is 633. The zero-order valence-corrected chi connectivity index (χ0v) is 13.9. The number of anilines is 1. The number of nitrogens with zero attached hydrogens (tertiary/aromatic N) is 2. The number of aromatic nitrogens is 3.